The van der Waals surface area contributed by atoms with Gasteiger partial charge in [-0.25, -0.2) is 0 Å². The van der Waals surface area contributed by atoms with Crippen LogP contribution in [0.25, 0.3) is 64.3 Å². The van der Waals surface area contributed by atoms with Crippen molar-refractivity contribution in [3.05, 3.63) is 259 Å². The lowest BCUT2D eigenvalue weighted by Crippen LogP contribution is -2.28. The fourth-order valence-corrected chi connectivity index (χ4v) is 11.4. The van der Waals surface area contributed by atoms with Gasteiger partial charge in [-0.15, -0.1) is 11.3 Å². The average molecular weight is 794 g/mol. The molecule has 0 saturated carbocycles. The van der Waals surface area contributed by atoms with E-state index in [0.717, 1.165) is 17.1 Å². The minimum atomic E-state index is -0.517. The monoisotopic (exact) mass is 793 g/mol. The molecule has 1 aliphatic rings. The fourth-order valence-electron chi connectivity index (χ4n) is 10.2. The number of hydrogen-bond donors (Lipinski definition) is 0. The number of hydrogen-bond acceptors (Lipinski definition) is 2. The normalized spacial score (nSPS) is 12.7. The number of fused-ring (bicyclic) bond motifs is 7. The lowest BCUT2D eigenvalue weighted by atomic mass is 9.68. The van der Waals surface area contributed by atoms with Crippen molar-refractivity contribution in [2.75, 3.05) is 4.90 Å². The first-order chi connectivity index (χ1) is 30.3. The predicted molar refractivity (Wildman–Crippen MR) is 260 cm³/mol. The van der Waals surface area contributed by atoms with Crippen molar-refractivity contribution in [2.24, 2.45) is 0 Å². The molecule has 0 fully saturated rings. The minimum absolute atomic E-state index is 0.517. The summed E-state index contributed by atoms with van der Waals surface area (Å²) in [6.45, 7) is 0. The molecule has 0 radical (unpaired) electrons. The maximum atomic E-state index is 2.52. The fraction of sp³-hybridized carbons (Fsp3) is 0.0169. The van der Waals surface area contributed by atoms with Crippen LogP contribution in [0.1, 0.15) is 22.3 Å². The van der Waals surface area contributed by atoms with Gasteiger partial charge in [-0.05, 0) is 80.0 Å². The van der Waals surface area contributed by atoms with Crippen LogP contribution in [0.3, 0.4) is 0 Å². The van der Waals surface area contributed by atoms with Crippen LogP contribution in [0, 0.1) is 0 Å². The van der Waals surface area contributed by atoms with Crippen molar-refractivity contribution in [1.29, 1.82) is 0 Å². The highest BCUT2D eigenvalue weighted by atomic mass is 32.1. The molecule has 0 atom stereocenters. The molecule has 0 N–H and O–H groups in total. The van der Waals surface area contributed by atoms with Crippen LogP contribution in [0.2, 0.25) is 0 Å². The van der Waals surface area contributed by atoms with Gasteiger partial charge >= 0.3 is 0 Å². The van der Waals surface area contributed by atoms with Crippen LogP contribution in [0.4, 0.5) is 17.1 Å². The zero-order chi connectivity index (χ0) is 40.3. The standard InChI is InChI=1S/C59H39NS/c1-3-20-42(21-4-1)59(43-22-5-2-6-23-43)52-31-12-9-27-51(52)57-53(59)32-17-34-55(57)60(44-38-36-41(37-39-44)46-28-15-19-40-18-7-8-24-45(40)46)54-33-13-10-25-47(54)49-29-16-30-50-48-26-11-14-35-56(48)61-58(49)50/h1-39H. The van der Waals surface area contributed by atoms with Crippen LogP contribution in [0.5, 0.6) is 0 Å². The summed E-state index contributed by atoms with van der Waals surface area (Å²) in [5.74, 6) is 0. The van der Waals surface area contributed by atoms with E-state index in [2.05, 4.69) is 241 Å². The molecule has 1 nitrogen and oxygen atoms in total. The van der Waals surface area contributed by atoms with Crippen LogP contribution in [-0.4, -0.2) is 0 Å². The van der Waals surface area contributed by atoms with E-state index in [-0.39, 0.29) is 0 Å². The predicted octanol–water partition coefficient (Wildman–Crippen LogP) is 16.4. The summed E-state index contributed by atoms with van der Waals surface area (Å²) in [6.07, 6.45) is 0. The SMILES string of the molecule is c1ccc(C2(c3ccccc3)c3ccccc3-c3c(N(c4ccc(-c5cccc6ccccc56)cc4)c4ccccc4-c4cccc5c4sc4ccccc45)cccc32)cc1. The maximum absolute atomic E-state index is 2.52. The highest BCUT2D eigenvalue weighted by Gasteiger charge is 2.47. The Morgan fingerprint density at radius 1 is 0.344 bits per heavy atom. The molecule has 2 heteroatoms. The summed E-state index contributed by atoms with van der Waals surface area (Å²) in [4.78, 5) is 2.52. The molecular formula is C59H39NS. The molecule has 1 aliphatic carbocycles. The smallest absolute Gasteiger partial charge is 0.0714 e. The molecule has 0 spiro atoms. The largest absolute Gasteiger partial charge is 0.309 e. The van der Waals surface area contributed by atoms with E-state index in [1.165, 1.54) is 86.6 Å². The first-order valence-corrected chi connectivity index (χ1v) is 21.8. The highest BCUT2D eigenvalue weighted by molar-refractivity contribution is 7.26. The number of benzene rings is 10. The second kappa shape index (κ2) is 14.3. The average Bonchev–Trinajstić information content (AvgIpc) is 3.87. The van der Waals surface area contributed by atoms with Gasteiger partial charge in [0.1, 0.15) is 0 Å². The van der Waals surface area contributed by atoms with Crippen LogP contribution in [0.15, 0.2) is 237 Å². The molecule has 0 unspecified atom stereocenters. The number of anilines is 3. The van der Waals surface area contributed by atoms with Gasteiger partial charge in [-0.1, -0.05) is 206 Å². The summed E-state index contributed by atoms with van der Waals surface area (Å²) in [5.41, 5.74) is 15.3. The Morgan fingerprint density at radius 3 is 1.69 bits per heavy atom. The molecule has 11 aromatic rings. The first kappa shape index (κ1) is 35.4. The third-order valence-electron chi connectivity index (χ3n) is 12.8. The van der Waals surface area contributed by atoms with E-state index >= 15 is 0 Å². The van der Waals surface area contributed by atoms with E-state index in [4.69, 9.17) is 0 Å². The number of para-hydroxylation sites is 1. The summed E-state index contributed by atoms with van der Waals surface area (Å²) < 4.78 is 2.61. The first-order valence-electron chi connectivity index (χ1n) is 21.0. The van der Waals surface area contributed by atoms with E-state index in [0.29, 0.717) is 0 Å². The van der Waals surface area contributed by atoms with Gasteiger partial charge in [0.2, 0.25) is 0 Å². The molecule has 61 heavy (non-hydrogen) atoms. The van der Waals surface area contributed by atoms with Gasteiger partial charge in [0.25, 0.3) is 0 Å². The maximum Gasteiger partial charge on any atom is 0.0714 e. The number of rotatable bonds is 7. The molecule has 286 valence electrons. The zero-order valence-electron chi connectivity index (χ0n) is 33.4. The van der Waals surface area contributed by atoms with Gasteiger partial charge in [-0.2, -0.15) is 0 Å². The highest BCUT2D eigenvalue weighted by Crippen LogP contribution is 2.60. The quantitative estimate of drug-likeness (QED) is 0.155. The summed E-state index contributed by atoms with van der Waals surface area (Å²) in [7, 11) is 0. The Hall–Kier alpha value is -7.52. The molecule has 0 amide bonds. The molecular weight excluding hydrogens is 755 g/mol. The van der Waals surface area contributed by atoms with Gasteiger partial charge in [0.15, 0.2) is 0 Å². The van der Waals surface area contributed by atoms with Crippen LogP contribution < -0.4 is 4.90 Å². The molecule has 10 aromatic carbocycles. The molecule has 1 heterocycles. The van der Waals surface area contributed by atoms with Gasteiger partial charge in [0.05, 0.1) is 16.8 Å². The number of nitrogens with zero attached hydrogens (tertiary/aromatic N) is 1. The lowest BCUT2D eigenvalue weighted by Gasteiger charge is -2.34. The van der Waals surface area contributed by atoms with Crippen molar-refractivity contribution in [1.82, 2.24) is 0 Å². The van der Waals surface area contributed by atoms with Crippen LogP contribution >= 0.6 is 11.3 Å². The molecule has 12 rings (SSSR count). The van der Waals surface area contributed by atoms with Crippen LogP contribution in [-0.2, 0) is 5.41 Å². The molecule has 1 aromatic heterocycles. The van der Waals surface area contributed by atoms with E-state index in [9.17, 15) is 0 Å². The van der Waals surface area contributed by atoms with Crippen molar-refractivity contribution in [2.45, 2.75) is 5.41 Å². The molecule has 0 aliphatic heterocycles. The third-order valence-corrected chi connectivity index (χ3v) is 14.0. The van der Waals surface area contributed by atoms with Crippen molar-refractivity contribution in [3.8, 4) is 33.4 Å². The zero-order valence-corrected chi connectivity index (χ0v) is 34.2. The Kier molecular flexibility index (Phi) is 8.33. The van der Waals surface area contributed by atoms with Crippen molar-refractivity contribution in [3.63, 3.8) is 0 Å². The van der Waals surface area contributed by atoms with E-state index < -0.39 is 5.41 Å². The number of thiophene rings is 1. The molecule has 0 bridgehead atoms. The Morgan fingerprint density at radius 2 is 0.885 bits per heavy atom. The van der Waals surface area contributed by atoms with Gasteiger partial charge in [0, 0.05) is 42.6 Å². The third kappa shape index (κ3) is 5.46. The van der Waals surface area contributed by atoms with Gasteiger partial charge in [-0.3, -0.25) is 0 Å². The van der Waals surface area contributed by atoms with Gasteiger partial charge < -0.3 is 4.90 Å². The second-order valence-electron chi connectivity index (χ2n) is 15.9. The van der Waals surface area contributed by atoms with Crippen molar-refractivity contribution >= 4 is 59.3 Å². The van der Waals surface area contributed by atoms with E-state index in [1.807, 2.05) is 11.3 Å². The topological polar surface area (TPSA) is 3.24 Å². The van der Waals surface area contributed by atoms with Crippen molar-refractivity contribution < 1.29 is 0 Å². The Balaban J connectivity index is 1.14. The van der Waals surface area contributed by atoms with E-state index in [1.54, 1.807) is 0 Å². The second-order valence-corrected chi connectivity index (χ2v) is 17.0. The summed E-state index contributed by atoms with van der Waals surface area (Å²) >= 11 is 1.88. The Bertz CT molecular complexity index is 3370. The lowest BCUT2D eigenvalue weighted by molar-refractivity contribution is 0.768. The Labute approximate surface area is 360 Å². The minimum Gasteiger partial charge on any atom is -0.309 e. The summed E-state index contributed by atoms with van der Waals surface area (Å²) in [6, 6.07) is 87.3. The summed E-state index contributed by atoms with van der Waals surface area (Å²) in [5, 5.41) is 5.10. The molecule has 0 saturated heterocycles.